The summed E-state index contributed by atoms with van der Waals surface area (Å²) in [4.78, 5) is 13.7. The highest BCUT2D eigenvalue weighted by Gasteiger charge is 2.18. The number of anilines is 1. The van der Waals surface area contributed by atoms with Gasteiger partial charge in [0.25, 0.3) is 0 Å². The van der Waals surface area contributed by atoms with Gasteiger partial charge in [-0.05, 0) is 47.3 Å². The molecule has 2 amide bonds. The molecule has 1 aliphatic heterocycles. The predicted molar refractivity (Wildman–Crippen MR) is 68.7 cm³/mol. The van der Waals surface area contributed by atoms with Crippen LogP contribution in [0.25, 0.3) is 0 Å². The molecule has 1 N–H and O–H groups in total. The number of hydrogen-bond donors (Lipinski definition) is 1. The van der Waals surface area contributed by atoms with Crippen molar-refractivity contribution in [2.24, 2.45) is 0 Å². The maximum Gasteiger partial charge on any atom is 0.321 e. The Morgan fingerprint density at radius 2 is 2.06 bits per heavy atom. The second-order valence-electron chi connectivity index (χ2n) is 4.06. The Kier molecular flexibility index (Phi) is 3.49. The minimum Gasteiger partial charge on any atom is -0.325 e. The van der Waals surface area contributed by atoms with E-state index in [1.165, 1.54) is 0 Å². The third kappa shape index (κ3) is 2.38. The molecule has 2 rings (SSSR count). The number of urea groups is 1. The summed E-state index contributed by atoms with van der Waals surface area (Å²) in [7, 11) is 0. The number of rotatable bonds is 1. The summed E-state index contributed by atoms with van der Waals surface area (Å²) in [5.41, 5.74) is 1.97. The number of carbonyl (C=O) groups is 1. The number of aryl methyl sites for hydroxylation is 1. The highest BCUT2D eigenvalue weighted by Crippen LogP contribution is 2.26. The van der Waals surface area contributed by atoms with Crippen LogP contribution < -0.4 is 5.32 Å². The SMILES string of the molecule is Cc1cccc(NC(=O)N2CCCC2)c1Br. The van der Waals surface area contributed by atoms with E-state index >= 15 is 0 Å². The molecule has 0 aromatic heterocycles. The van der Waals surface area contributed by atoms with E-state index in [0.29, 0.717) is 0 Å². The van der Waals surface area contributed by atoms with E-state index in [1.54, 1.807) is 0 Å². The number of amides is 2. The maximum absolute atomic E-state index is 11.9. The van der Waals surface area contributed by atoms with Gasteiger partial charge in [-0.15, -0.1) is 0 Å². The molecule has 1 aromatic carbocycles. The third-order valence-corrected chi connectivity index (χ3v) is 3.88. The summed E-state index contributed by atoms with van der Waals surface area (Å²) in [6, 6.07) is 5.86. The minimum absolute atomic E-state index is 0.00352. The molecule has 0 saturated carbocycles. The van der Waals surface area contributed by atoms with Gasteiger partial charge in [0, 0.05) is 17.6 Å². The lowest BCUT2D eigenvalue weighted by atomic mass is 10.2. The maximum atomic E-state index is 11.9. The van der Waals surface area contributed by atoms with Crippen LogP contribution in [0.4, 0.5) is 10.5 Å². The molecular weight excluding hydrogens is 268 g/mol. The Morgan fingerprint density at radius 3 is 2.75 bits per heavy atom. The van der Waals surface area contributed by atoms with E-state index in [9.17, 15) is 4.79 Å². The molecule has 0 bridgehead atoms. The summed E-state index contributed by atoms with van der Waals surface area (Å²) >= 11 is 3.48. The zero-order valence-electron chi connectivity index (χ0n) is 9.29. The molecule has 1 heterocycles. The Hall–Kier alpha value is -1.03. The van der Waals surface area contributed by atoms with Crippen molar-refractivity contribution in [2.45, 2.75) is 19.8 Å². The molecule has 3 nitrogen and oxygen atoms in total. The molecule has 1 aliphatic rings. The number of hydrogen-bond acceptors (Lipinski definition) is 1. The van der Waals surface area contributed by atoms with Crippen LogP contribution in [-0.2, 0) is 0 Å². The van der Waals surface area contributed by atoms with Gasteiger partial charge in [0.2, 0.25) is 0 Å². The summed E-state index contributed by atoms with van der Waals surface area (Å²) in [5, 5.41) is 2.93. The van der Waals surface area contributed by atoms with Gasteiger partial charge in [-0.3, -0.25) is 0 Å². The van der Waals surface area contributed by atoms with Crippen molar-refractivity contribution in [1.29, 1.82) is 0 Å². The molecular formula is C12H15BrN2O. The first kappa shape index (κ1) is 11.5. The number of carbonyl (C=O) groups excluding carboxylic acids is 1. The van der Waals surface area contributed by atoms with E-state index in [0.717, 1.165) is 41.7 Å². The lowest BCUT2D eigenvalue weighted by Crippen LogP contribution is -2.32. The molecule has 0 atom stereocenters. The third-order valence-electron chi connectivity index (χ3n) is 2.83. The lowest BCUT2D eigenvalue weighted by molar-refractivity contribution is 0.222. The molecule has 86 valence electrons. The van der Waals surface area contributed by atoms with E-state index in [2.05, 4.69) is 21.2 Å². The van der Waals surface area contributed by atoms with Crippen LogP contribution in [0.5, 0.6) is 0 Å². The predicted octanol–water partition coefficient (Wildman–Crippen LogP) is 3.39. The molecule has 0 aliphatic carbocycles. The molecule has 0 unspecified atom stereocenters. The number of likely N-dealkylation sites (tertiary alicyclic amines) is 1. The number of nitrogens with one attached hydrogen (secondary N) is 1. The van der Waals surface area contributed by atoms with Crippen molar-refractivity contribution in [3.63, 3.8) is 0 Å². The van der Waals surface area contributed by atoms with Crippen molar-refractivity contribution in [3.05, 3.63) is 28.2 Å². The summed E-state index contributed by atoms with van der Waals surface area (Å²) in [6.07, 6.45) is 2.23. The highest BCUT2D eigenvalue weighted by molar-refractivity contribution is 9.10. The van der Waals surface area contributed by atoms with Crippen molar-refractivity contribution >= 4 is 27.6 Å². The van der Waals surface area contributed by atoms with Gasteiger partial charge in [0.15, 0.2) is 0 Å². The topological polar surface area (TPSA) is 32.3 Å². The summed E-state index contributed by atoms with van der Waals surface area (Å²) in [6.45, 7) is 3.75. The lowest BCUT2D eigenvalue weighted by Gasteiger charge is -2.17. The Balaban J connectivity index is 2.08. The standard InChI is InChI=1S/C12H15BrN2O/c1-9-5-4-6-10(11(9)13)14-12(16)15-7-2-3-8-15/h4-6H,2-3,7-8H2,1H3,(H,14,16). The van der Waals surface area contributed by atoms with Crippen LogP contribution >= 0.6 is 15.9 Å². The van der Waals surface area contributed by atoms with Gasteiger partial charge < -0.3 is 10.2 Å². The zero-order chi connectivity index (χ0) is 11.5. The quantitative estimate of drug-likeness (QED) is 0.842. The Morgan fingerprint density at radius 1 is 1.38 bits per heavy atom. The fourth-order valence-electron chi connectivity index (χ4n) is 1.86. The molecule has 1 aromatic rings. The Bertz CT molecular complexity index is 400. The normalized spacial score (nSPS) is 15.2. The molecule has 1 saturated heterocycles. The monoisotopic (exact) mass is 282 g/mol. The first-order valence-corrected chi connectivity index (χ1v) is 6.29. The fraction of sp³-hybridized carbons (Fsp3) is 0.417. The van der Waals surface area contributed by atoms with Crippen molar-refractivity contribution in [3.8, 4) is 0 Å². The van der Waals surface area contributed by atoms with E-state index in [4.69, 9.17) is 0 Å². The van der Waals surface area contributed by atoms with Crippen LogP contribution in [0.3, 0.4) is 0 Å². The first-order valence-electron chi connectivity index (χ1n) is 5.49. The average Bonchev–Trinajstić information content (AvgIpc) is 2.78. The molecule has 0 spiro atoms. The van der Waals surface area contributed by atoms with Gasteiger partial charge >= 0.3 is 6.03 Å². The van der Waals surface area contributed by atoms with Gasteiger partial charge in [-0.1, -0.05) is 12.1 Å². The average molecular weight is 283 g/mol. The van der Waals surface area contributed by atoms with Crippen molar-refractivity contribution in [2.75, 3.05) is 18.4 Å². The van der Waals surface area contributed by atoms with Gasteiger partial charge in [0.1, 0.15) is 0 Å². The Labute approximate surface area is 104 Å². The van der Waals surface area contributed by atoms with Crippen LogP contribution in [0.1, 0.15) is 18.4 Å². The molecule has 4 heteroatoms. The molecule has 16 heavy (non-hydrogen) atoms. The van der Waals surface area contributed by atoms with Crippen LogP contribution in [-0.4, -0.2) is 24.0 Å². The number of benzene rings is 1. The fourth-order valence-corrected chi connectivity index (χ4v) is 2.22. The van der Waals surface area contributed by atoms with Crippen LogP contribution in [0, 0.1) is 6.92 Å². The van der Waals surface area contributed by atoms with E-state index in [-0.39, 0.29) is 6.03 Å². The summed E-state index contributed by atoms with van der Waals surface area (Å²) < 4.78 is 0.961. The first-order chi connectivity index (χ1) is 7.68. The second kappa shape index (κ2) is 4.87. The smallest absolute Gasteiger partial charge is 0.321 e. The number of nitrogens with zero attached hydrogens (tertiary/aromatic N) is 1. The van der Waals surface area contributed by atoms with Crippen molar-refractivity contribution in [1.82, 2.24) is 4.90 Å². The van der Waals surface area contributed by atoms with E-state index in [1.807, 2.05) is 30.0 Å². The van der Waals surface area contributed by atoms with Crippen molar-refractivity contribution < 1.29 is 4.79 Å². The highest BCUT2D eigenvalue weighted by atomic mass is 79.9. The number of halogens is 1. The van der Waals surface area contributed by atoms with Crippen LogP contribution in [0.15, 0.2) is 22.7 Å². The minimum atomic E-state index is 0.00352. The second-order valence-corrected chi connectivity index (χ2v) is 4.85. The zero-order valence-corrected chi connectivity index (χ0v) is 10.9. The molecule has 1 fully saturated rings. The summed E-state index contributed by atoms with van der Waals surface area (Å²) in [5.74, 6) is 0. The largest absolute Gasteiger partial charge is 0.325 e. The van der Waals surface area contributed by atoms with Gasteiger partial charge in [0.05, 0.1) is 5.69 Å². The molecule has 0 radical (unpaired) electrons. The van der Waals surface area contributed by atoms with Crippen LogP contribution in [0.2, 0.25) is 0 Å². The van der Waals surface area contributed by atoms with Gasteiger partial charge in [-0.2, -0.15) is 0 Å². The van der Waals surface area contributed by atoms with E-state index < -0.39 is 0 Å². The van der Waals surface area contributed by atoms with Gasteiger partial charge in [-0.25, -0.2) is 4.79 Å².